The standard InChI is InChI=1S/C18H20ClN/c19-16-10-8-13(9-11-16)12-15-6-3-5-14-4-1-2-7-17(14)18(15)20/h1-2,4,7-11,15,18H,3,5-6,12,20H2. The first-order valence-corrected chi connectivity index (χ1v) is 7.69. The number of benzene rings is 2. The van der Waals surface area contributed by atoms with Crippen LogP contribution in [0.3, 0.4) is 0 Å². The molecule has 0 radical (unpaired) electrons. The van der Waals surface area contributed by atoms with Crippen LogP contribution < -0.4 is 5.73 Å². The molecule has 0 saturated heterocycles. The molecule has 0 bridgehead atoms. The number of aryl methyl sites for hydroxylation is 1. The summed E-state index contributed by atoms with van der Waals surface area (Å²) in [7, 11) is 0. The van der Waals surface area contributed by atoms with Gasteiger partial charge in [0, 0.05) is 11.1 Å². The summed E-state index contributed by atoms with van der Waals surface area (Å²) in [5, 5.41) is 0.796. The van der Waals surface area contributed by atoms with Gasteiger partial charge in [0.1, 0.15) is 0 Å². The summed E-state index contributed by atoms with van der Waals surface area (Å²) >= 11 is 5.95. The number of rotatable bonds is 2. The van der Waals surface area contributed by atoms with E-state index < -0.39 is 0 Å². The Morgan fingerprint density at radius 3 is 2.60 bits per heavy atom. The van der Waals surface area contributed by atoms with E-state index >= 15 is 0 Å². The van der Waals surface area contributed by atoms with E-state index in [1.807, 2.05) is 12.1 Å². The smallest absolute Gasteiger partial charge is 0.0406 e. The van der Waals surface area contributed by atoms with Gasteiger partial charge in [0.2, 0.25) is 0 Å². The van der Waals surface area contributed by atoms with E-state index in [-0.39, 0.29) is 6.04 Å². The SMILES string of the molecule is NC1c2ccccc2CCCC1Cc1ccc(Cl)cc1. The van der Waals surface area contributed by atoms with Gasteiger partial charge < -0.3 is 5.73 Å². The molecule has 0 fully saturated rings. The van der Waals surface area contributed by atoms with Crippen LogP contribution >= 0.6 is 11.6 Å². The van der Waals surface area contributed by atoms with Gasteiger partial charge >= 0.3 is 0 Å². The second-order valence-corrected chi connectivity index (χ2v) is 6.14. The van der Waals surface area contributed by atoms with Crippen molar-refractivity contribution in [1.29, 1.82) is 0 Å². The fourth-order valence-corrected chi connectivity index (χ4v) is 3.35. The lowest BCUT2D eigenvalue weighted by atomic mass is 9.86. The molecule has 2 atom stereocenters. The van der Waals surface area contributed by atoms with E-state index in [4.69, 9.17) is 17.3 Å². The topological polar surface area (TPSA) is 26.0 Å². The summed E-state index contributed by atoms with van der Waals surface area (Å²) in [6.45, 7) is 0. The summed E-state index contributed by atoms with van der Waals surface area (Å²) in [5.41, 5.74) is 10.6. The Morgan fingerprint density at radius 2 is 1.80 bits per heavy atom. The van der Waals surface area contributed by atoms with Gasteiger partial charge in [-0.3, -0.25) is 0 Å². The van der Waals surface area contributed by atoms with E-state index in [1.165, 1.54) is 29.5 Å². The number of halogens is 1. The predicted octanol–water partition coefficient (Wildman–Crippen LogP) is 4.54. The van der Waals surface area contributed by atoms with Crippen molar-refractivity contribution in [3.05, 3.63) is 70.2 Å². The highest BCUT2D eigenvalue weighted by Gasteiger charge is 2.24. The zero-order valence-electron chi connectivity index (χ0n) is 11.6. The van der Waals surface area contributed by atoms with Gasteiger partial charge in [0.25, 0.3) is 0 Å². The summed E-state index contributed by atoms with van der Waals surface area (Å²) in [6.07, 6.45) is 4.61. The predicted molar refractivity (Wildman–Crippen MR) is 85.0 cm³/mol. The second kappa shape index (κ2) is 5.99. The van der Waals surface area contributed by atoms with Crippen LogP contribution in [0.1, 0.15) is 35.6 Å². The van der Waals surface area contributed by atoms with Crippen LogP contribution in [0.2, 0.25) is 5.02 Å². The Hall–Kier alpha value is -1.31. The normalized spacial score (nSPS) is 22.1. The Bertz CT molecular complexity index is 576. The first kappa shape index (κ1) is 13.7. The molecule has 2 heteroatoms. The molecule has 2 aromatic rings. The van der Waals surface area contributed by atoms with Crippen molar-refractivity contribution in [2.75, 3.05) is 0 Å². The third kappa shape index (κ3) is 2.89. The molecule has 1 aliphatic carbocycles. The average molecular weight is 286 g/mol. The van der Waals surface area contributed by atoms with Crippen molar-refractivity contribution in [2.24, 2.45) is 11.7 Å². The number of hydrogen-bond donors (Lipinski definition) is 1. The third-order valence-electron chi connectivity index (χ3n) is 4.35. The van der Waals surface area contributed by atoms with E-state index in [0.717, 1.165) is 17.9 Å². The first-order chi connectivity index (χ1) is 9.74. The van der Waals surface area contributed by atoms with Crippen molar-refractivity contribution in [2.45, 2.75) is 31.7 Å². The van der Waals surface area contributed by atoms with Crippen molar-refractivity contribution in [1.82, 2.24) is 0 Å². The van der Waals surface area contributed by atoms with Gasteiger partial charge in [-0.2, -0.15) is 0 Å². The summed E-state index contributed by atoms with van der Waals surface area (Å²) in [4.78, 5) is 0. The maximum Gasteiger partial charge on any atom is 0.0406 e. The number of hydrogen-bond acceptors (Lipinski definition) is 1. The van der Waals surface area contributed by atoms with E-state index in [9.17, 15) is 0 Å². The highest BCUT2D eigenvalue weighted by Crippen LogP contribution is 2.33. The molecule has 0 aliphatic heterocycles. The molecule has 2 unspecified atom stereocenters. The zero-order chi connectivity index (χ0) is 13.9. The summed E-state index contributed by atoms with van der Waals surface area (Å²) < 4.78 is 0. The Labute approximate surface area is 125 Å². The molecule has 20 heavy (non-hydrogen) atoms. The number of fused-ring (bicyclic) bond motifs is 1. The van der Waals surface area contributed by atoms with Crippen LogP contribution in [0, 0.1) is 5.92 Å². The van der Waals surface area contributed by atoms with Gasteiger partial charge in [-0.25, -0.2) is 0 Å². The molecule has 0 spiro atoms. The van der Waals surface area contributed by atoms with Gasteiger partial charge in [0.05, 0.1) is 0 Å². The van der Waals surface area contributed by atoms with E-state index in [0.29, 0.717) is 5.92 Å². The maximum atomic E-state index is 6.54. The minimum absolute atomic E-state index is 0.143. The summed E-state index contributed by atoms with van der Waals surface area (Å²) in [5.74, 6) is 0.514. The molecule has 1 aliphatic rings. The lowest BCUT2D eigenvalue weighted by molar-refractivity contribution is 0.402. The minimum atomic E-state index is 0.143. The van der Waals surface area contributed by atoms with Crippen LogP contribution in [0.15, 0.2) is 48.5 Å². The van der Waals surface area contributed by atoms with Crippen molar-refractivity contribution in [3.8, 4) is 0 Å². The Morgan fingerprint density at radius 1 is 1.05 bits per heavy atom. The molecule has 3 rings (SSSR count). The van der Waals surface area contributed by atoms with Gasteiger partial charge in [-0.05, 0) is 60.4 Å². The van der Waals surface area contributed by atoms with Crippen LogP contribution in [0.25, 0.3) is 0 Å². The molecule has 1 nitrogen and oxygen atoms in total. The Kier molecular flexibility index (Phi) is 4.09. The number of nitrogens with two attached hydrogens (primary N) is 1. The van der Waals surface area contributed by atoms with Crippen molar-refractivity contribution in [3.63, 3.8) is 0 Å². The molecule has 0 amide bonds. The molecular weight excluding hydrogens is 266 g/mol. The monoisotopic (exact) mass is 285 g/mol. The first-order valence-electron chi connectivity index (χ1n) is 7.32. The van der Waals surface area contributed by atoms with Crippen molar-refractivity contribution < 1.29 is 0 Å². The molecule has 2 N–H and O–H groups in total. The average Bonchev–Trinajstić information content (AvgIpc) is 2.62. The summed E-state index contributed by atoms with van der Waals surface area (Å²) in [6, 6.07) is 16.9. The molecule has 0 heterocycles. The quantitative estimate of drug-likeness (QED) is 0.806. The minimum Gasteiger partial charge on any atom is -0.324 e. The third-order valence-corrected chi connectivity index (χ3v) is 4.61. The van der Waals surface area contributed by atoms with Gasteiger partial charge in [-0.15, -0.1) is 0 Å². The Balaban J connectivity index is 1.82. The largest absolute Gasteiger partial charge is 0.324 e. The molecule has 2 aromatic carbocycles. The van der Waals surface area contributed by atoms with Crippen molar-refractivity contribution >= 4 is 11.6 Å². The lowest BCUT2D eigenvalue weighted by Gasteiger charge is -2.23. The molecular formula is C18H20ClN. The molecule has 0 aromatic heterocycles. The van der Waals surface area contributed by atoms with E-state index in [2.05, 4.69) is 36.4 Å². The van der Waals surface area contributed by atoms with Gasteiger partial charge in [-0.1, -0.05) is 48.0 Å². The highest BCUT2D eigenvalue weighted by atomic mass is 35.5. The second-order valence-electron chi connectivity index (χ2n) is 5.71. The highest BCUT2D eigenvalue weighted by molar-refractivity contribution is 6.30. The van der Waals surface area contributed by atoms with Crippen LogP contribution in [0.4, 0.5) is 0 Å². The lowest BCUT2D eigenvalue weighted by Crippen LogP contribution is -2.22. The van der Waals surface area contributed by atoms with Crippen LogP contribution in [-0.2, 0) is 12.8 Å². The van der Waals surface area contributed by atoms with Crippen LogP contribution in [-0.4, -0.2) is 0 Å². The van der Waals surface area contributed by atoms with E-state index in [1.54, 1.807) is 0 Å². The maximum absolute atomic E-state index is 6.54. The fraction of sp³-hybridized carbons (Fsp3) is 0.333. The molecule has 104 valence electrons. The van der Waals surface area contributed by atoms with Gasteiger partial charge in [0.15, 0.2) is 0 Å². The van der Waals surface area contributed by atoms with Crippen LogP contribution in [0.5, 0.6) is 0 Å². The molecule has 0 saturated carbocycles. The fourth-order valence-electron chi connectivity index (χ4n) is 3.23. The zero-order valence-corrected chi connectivity index (χ0v) is 12.3.